The van der Waals surface area contributed by atoms with E-state index in [-0.39, 0.29) is 11.9 Å². The molecule has 0 aromatic rings. The Balaban J connectivity index is 1.65. The van der Waals surface area contributed by atoms with Gasteiger partial charge in [-0.15, -0.1) is 0 Å². The lowest BCUT2D eigenvalue weighted by Gasteiger charge is -2.25. The largest absolute Gasteiger partial charge is 0.354 e. The zero-order valence-electron chi connectivity index (χ0n) is 9.54. The molecule has 0 spiro atoms. The third kappa shape index (κ3) is 3.86. The van der Waals surface area contributed by atoms with E-state index in [4.69, 9.17) is 0 Å². The van der Waals surface area contributed by atoms with Crippen LogP contribution >= 0.6 is 23.5 Å². The molecule has 2 N–H and O–H groups in total. The molecule has 0 radical (unpaired) electrons. The van der Waals surface area contributed by atoms with Gasteiger partial charge in [0.15, 0.2) is 0 Å². The van der Waals surface area contributed by atoms with E-state index in [9.17, 15) is 4.79 Å². The van der Waals surface area contributed by atoms with E-state index in [0.29, 0.717) is 5.25 Å². The van der Waals surface area contributed by atoms with Gasteiger partial charge < -0.3 is 10.6 Å². The minimum atomic E-state index is 0.0648. The Kier molecular flexibility index (Phi) is 5.32. The average molecular weight is 260 g/mol. The van der Waals surface area contributed by atoms with E-state index < -0.39 is 0 Å². The fraction of sp³-hybridized carbons (Fsp3) is 0.909. The van der Waals surface area contributed by atoms with Crippen molar-refractivity contribution in [1.29, 1.82) is 0 Å². The van der Waals surface area contributed by atoms with Crippen molar-refractivity contribution in [3.05, 3.63) is 0 Å². The first-order chi connectivity index (χ1) is 7.86. The second-order valence-corrected chi connectivity index (χ2v) is 6.87. The Labute approximate surface area is 106 Å². The van der Waals surface area contributed by atoms with Crippen LogP contribution in [0.4, 0.5) is 0 Å². The van der Waals surface area contributed by atoms with Gasteiger partial charge in [-0.05, 0) is 19.4 Å². The number of piperidine rings is 1. The van der Waals surface area contributed by atoms with E-state index in [0.717, 1.165) is 19.5 Å². The summed E-state index contributed by atoms with van der Waals surface area (Å²) in [5.74, 6) is 3.88. The molecule has 2 rings (SSSR count). The molecule has 3 nitrogen and oxygen atoms in total. The van der Waals surface area contributed by atoms with Crippen LogP contribution in [0.25, 0.3) is 0 Å². The summed E-state index contributed by atoms with van der Waals surface area (Å²) in [4.78, 5) is 11.9. The van der Waals surface area contributed by atoms with Crippen molar-refractivity contribution in [2.45, 2.75) is 30.6 Å². The van der Waals surface area contributed by atoms with Gasteiger partial charge in [0.2, 0.25) is 5.91 Å². The molecule has 2 fully saturated rings. The van der Waals surface area contributed by atoms with E-state index in [1.807, 2.05) is 23.5 Å². The van der Waals surface area contributed by atoms with Gasteiger partial charge in [-0.1, -0.05) is 6.42 Å². The number of rotatable bonds is 3. The molecule has 2 aliphatic rings. The van der Waals surface area contributed by atoms with E-state index in [1.54, 1.807) is 0 Å². The second kappa shape index (κ2) is 6.77. The minimum Gasteiger partial charge on any atom is -0.354 e. The van der Waals surface area contributed by atoms with Gasteiger partial charge in [0.25, 0.3) is 0 Å². The summed E-state index contributed by atoms with van der Waals surface area (Å²) in [5, 5.41) is 6.99. The molecule has 2 heterocycles. The van der Waals surface area contributed by atoms with E-state index in [2.05, 4.69) is 10.6 Å². The topological polar surface area (TPSA) is 41.1 Å². The van der Waals surface area contributed by atoms with Gasteiger partial charge in [0, 0.05) is 29.1 Å². The van der Waals surface area contributed by atoms with Crippen LogP contribution in [0.5, 0.6) is 0 Å². The number of hydrogen-bond donors (Lipinski definition) is 2. The number of carbonyl (C=O) groups is 1. The average Bonchev–Trinajstić information content (AvgIpc) is 2.38. The molecule has 92 valence electrons. The molecule has 2 saturated heterocycles. The lowest BCUT2D eigenvalue weighted by Crippen LogP contribution is -2.48. The molecular formula is C11H20N2OS2. The SMILES string of the molecule is O=C(NCC1CSCCS1)[C@H]1CCCCN1. The molecular weight excluding hydrogens is 240 g/mol. The molecule has 0 aromatic carbocycles. The van der Waals surface area contributed by atoms with Crippen molar-refractivity contribution in [3.8, 4) is 0 Å². The zero-order valence-corrected chi connectivity index (χ0v) is 11.2. The summed E-state index contributed by atoms with van der Waals surface area (Å²) in [5.41, 5.74) is 0. The first kappa shape index (κ1) is 12.6. The van der Waals surface area contributed by atoms with E-state index in [1.165, 1.54) is 30.1 Å². The molecule has 0 bridgehead atoms. The highest BCUT2D eigenvalue weighted by Gasteiger charge is 2.21. The number of carbonyl (C=O) groups excluding carboxylic acids is 1. The maximum Gasteiger partial charge on any atom is 0.237 e. The Morgan fingerprint density at radius 1 is 1.38 bits per heavy atom. The van der Waals surface area contributed by atoms with Crippen molar-refractivity contribution < 1.29 is 4.79 Å². The van der Waals surface area contributed by atoms with Gasteiger partial charge in [-0.3, -0.25) is 4.79 Å². The van der Waals surface area contributed by atoms with E-state index >= 15 is 0 Å². The first-order valence-corrected chi connectivity index (χ1v) is 8.27. The third-order valence-corrected chi connectivity index (χ3v) is 5.86. The molecule has 16 heavy (non-hydrogen) atoms. The Morgan fingerprint density at radius 2 is 2.31 bits per heavy atom. The second-order valence-electron chi connectivity index (χ2n) is 4.32. The molecule has 2 atom stereocenters. The van der Waals surface area contributed by atoms with Crippen molar-refractivity contribution in [3.63, 3.8) is 0 Å². The summed E-state index contributed by atoms with van der Waals surface area (Å²) in [6.07, 6.45) is 3.39. The van der Waals surface area contributed by atoms with Gasteiger partial charge in [-0.2, -0.15) is 23.5 Å². The van der Waals surface area contributed by atoms with Gasteiger partial charge in [-0.25, -0.2) is 0 Å². The normalized spacial score (nSPS) is 31.0. The van der Waals surface area contributed by atoms with Gasteiger partial charge >= 0.3 is 0 Å². The minimum absolute atomic E-state index is 0.0648. The van der Waals surface area contributed by atoms with Gasteiger partial charge in [0.1, 0.15) is 0 Å². The molecule has 1 unspecified atom stereocenters. The molecule has 0 aliphatic carbocycles. The standard InChI is InChI=1S/C11H20N2OS2/c14-11(10-3-1-2-4-12-10)13-7-9-8-15-5-6-16-9/h9-10,12H,1-8H2,(H,13,14)/t9?,10-/m1/s1. The van der Waals surface area contributed by atoms with Crippen LogP contribution < -0.4 is 10.6 Å². The van der Waals surface area contributed by atoms with Crippen LogP contribution in [0.3, 0.4) is 0 Å². The Morgan fingerprint density at radius 3 is 3.00 bits per heavy atom. The predicted octanol–water partition coefficient (Wildman–Crippen LogP) is 1.09. The molecule has 0 saturated carbocycles. The zero-order chi connectivity index (χ0) is 11.2. The smallest absolute Gasteiger partial charge is 0.237 e. The molecule has 1 amide bonds. The summed E-state index contributed by atoms with van der Waals surface area (Å²) < 4.78 is 0. The summed E-state index contributed by atoms with van der Waals surface area (Å²) in [7, 11) is 0. The Bertz CT molecular complexity index is 226. The van der Waals surface area contributed by atoms with Crippen LogP contribution in [-0.2, 0) is 4.79 Å². The van der Waals surface area contributed by atoms with Crippen molar-refractivity contribution in [2.24, 2.45) is 0 Å². The maximum atomic E-state index is 11.9. The predicted molar refractivity (Wildman–Crippen MR) is 72.2 cm³/mol. The van der Waals surface area contributed by atoms with Crippen molar-refractivity contribution in [1.82, 2.24) is 10.6 Å². The summed E-state index contributed by atoms with van der Waals surface area (Å²) in [6.45, 7) is 1.83. The van der Waals surface area contributed by atoms with Crippen molar-refractivity contribution in [2.75, 3.05) is 30.3 Å². The highest BCUT2D eigenvalue weighted by molar-refractivity contribution is 8.06. The molecule has 0 aromatic heterocycles. The monoisotopic (exact) mass is 260 g/mol. The van der Waals surface area contributed by atoms with Crippen molar-refractivity contribution >= 4 is 29.4 Å². The number of amides is 1. The van der Waals surface area contributed by atoms with Crippen LogP contribution in [-0.4, -0.2) is 47.5 Å². The highest BCUT2D eigenvalue weighted by Crippen LogP contribution is 2.23. The fourth-order valence-electron chi connectivity index (χ4n) is 2.07. The van der Waals surface area contributed by atoms with Gasteiger partial charge in [0.05, 0.1) is 6.04 Å². The number of hydrogen-bond acceptors (Lipinski definition) is 4. The maximum absolute atomic E-state index is 11.9. The van der Waals surface area contributed by atoms with Crippen LogP contribution in [0.1, 0.15) is 19.3 Å². The van der Waals surface area contributed by atoms with Crippen LogP contribution in [0.2, 0.25) is 0 Å². The molecule has 2 aliphatic heterocycles. The lowest BCUT2D eigenvalue weighted by atomic mass is 10.0. The third-order valence-electron chi connectivity index (χ3n) is 3.02. The Hall–Kier alpha value is 0.130. The lowest BCUT2D eigenvalue weighted by molar-refractivity contribution is -0.123. The molecule has 5 heteroatoms. The number of nitrogens with one attached hydrogen (secondary N) is 2. The first-order valence-electron chi connectivity index (χ1n) is 6.07. The van der Waals surface area contributed by atoms with Crippen LogP contribution in [0.15, 0.2) is 0 Å². The summed E-state index contributed by atoms with van der Waals surface area (Å²) >= 11 is 4.00. The fourth-order valence-corrected chi connectivity index (χ4v) is 4.68. The number of thioether (sulfide) groups is 2. The summed E-state index contributed by atoms with van der Waals surface area (Å²) in [6, 6.07) is 0.0648. The van der Waals surface area contributed by atoms with Crippen LogP contribution in [0, 0.1) is 0 Å². The quantitative estimate of drug-likeness (QED) is 0.797. The highest BCUT2D eigenvalue weighted by atomic mass is 32.2.